The van der Waals surface area contributed by atoms with Crippen LogP contribution < -0.4 is 0 Å². The molecule has 1 N–H and O–H groups in total. The molecule has 16 heavy (non-hydrogen) atoms. The van der Waals surface area contributed by atoms with Crippen molar-refractivity contribution in [3.8, 4) is 6.07 Å². The second-order valence-electron chi connectivity index (χ2n) is 3.12. The molecule has 0 fully saturated rings. The van der Waals surface area contributed by atoms with Crippen molar-refractivity contribution >= 4 is 27.5 Å². The Hall–Kier alpha value is -1.60. The van der Waals surface area contributed by atoms with Crippen molar-refractivity contribution in [2.75, 3.05) is 0 Å². The van der Waals surface area contributed by atoms with Crippen molar-refractivity contribution < 1.29 is 9.90 Å². The highest BCUT2D eigenvalue weighted by Crippen LogP contribution is 2.19. The molecule has 1 aromatic rings. The molecule has 4 heteroatoms. The van der Waals surface area contributed by atoms with Crippen LogP contribution >= 0.6 is 15.9 Å². The summed E-state index contributed by atoms with van der Waals surface area (Å²) in [5.41, 5.74) is 0.270. The first-order chi connectivity index (χ1) is 7.60. The Morgan fingerprint density at radius 2 is 2.00 bits per heavy atom. The molecule has 0 unspecified atom stereocenters. The fourth-order valence-corrected chi connectivity index (χ4v) is 1.44. The molecule has 1 aromatic carbocycles. The number of carbonyl (C=O) groups is 1. The Labute approximate surface area is 102 Å². The number of ketones is 1. The lowest BCUT2D eigenvalue weighted by molar-refractivity contribution is -0.114. The molecule has 0 radical (unpaired) electrons. The number of hydrogen-bond donors (Lipinski definition) is 1. The summed E-state index contributed by atoms with van der Waals surface area (Å²) in [4.78, 5) is 11.4. The Morgan fingerprint density at radius 1 is 1.44 bits per heavy atom. The molecule has 0 aliphatic heterocycles. The highest BCUT2D eigenvalue weighted by atomic mass is 79.9. The molecule has 0 bridgehead atoms. The number of aliphatic hydroxyl groups excluding tert-OH is 1. The summed E-state index contributed by atoms with van der Waals surface area (Å²) in [6, 6.07) is 8.48. The van der Waals surface area contributed by atoms with E-state index in [1.54, 1.807) is 37.3 Å². The molecule has 0 aliphatic carbocycles. The fourth-order valence-electron chi connectivity index (χ4n) is 1.18. The maximum atomic E-state index is 11.4. The zero-order valence-electron chi connectivity index (χ0n) is 8.70. The number of halogens is 1. The van der Waals surface area contributed by atoms with Crippen LogP contribution in [-0.2, 0) is 4.79 Å². The largest absolute Gasteiger partial charge is 0.506 e. The standard InChI is InChI=1S/C12H10BrNO2/c1-2-11(15)10(7-14)12(16)8-3-5-9(13)6-4-8/h3-6,16H,2H2,1H3. The van der Waals surface area contributed by atoms with Crippen molar-refractivity contribution in [1.29, 1.82) is 5.26 Å². The van der Waals surface area contributed by atoms with Gasteiger partial charge in [-0.2, -0.15) is 5.26 Å². The van der Waals surface area contributed by atoms with E-state index in [1.807, 2.05) is 0 Å². The molecule has 0 amide bonds. The lowest BCUT2D eigenvalue weighted by Gasteiger charge is -2.03. The number of nitriles is 1. The van der Waals surface area contributed by atoms with E-state index in [-0.39, 0.29) is 23.5 Å². The molecule has 82 valence electrons. The molecule has 0 spiro atoms. The third kappa shape index (κ3) is 2.71. The third-order valence-corrected chi connectivity index (χ3v) is 2.59. The van der Waals surface area contributed by atoms with E-state index in [1.165, 1.54) is 0 Å². The number of rotatable bonds is 3. The quantitative estimate of drug-likeness (QED) is 0.525. The Kier molecular flexibility index (Phi) is 4.27. The number of aliphatic hydroxyl groups is 1. The second-order valence-corrected chi connectivity index (χ2v) is 4.03. The van der Waals surface area contributed by atoms with Crippen molar-refractivity contribution in [3.63, 3.8) is 0 Å². The monoisotopic (exact) mass is 279 g/mol. The SMILES string of the molecule is CCC(=O)C(C#N)=C(O)c1ccc(Br)cc1. The van der Waals surface area contributed by atoms with Crippen molar-refractivity contribution in [1.82, 2.24) is 0 Å². The first-order valence-corrected chi connectivity index (χ1v) is 5.52. The average Bonchev–Trinajstić information content (AvgIpc) is 2.30. The van der Waals surface area contributed by atoms with E-state index in [2.05, 4.69) is 15.9 Å². The van der Waals surface area contributed by atoms with E-state index >= 15 is 0 Å². The van der Waals surface area contributed by atoms with E-state index in [4.69, 9.17) is 5.26 Å². The molecule has 0 saturated heterocycles. The van der Waals surface area contributed by atoms with E-state index < -0.39 is 0 Å². The molecule has 0 saturated carbocycles. The molecule has 1 rings (SSSR count). The topological polar surface area (TPSA) is 61.1 Å². The van der Waals surface area contributed by atoms with Gasteiger partial charge in [-0.25, -0.2) is 0 Å². The number of nitrogens with zero attached hydrogens (tertiary/aromatic N) is 1. The summed E-state index contributed by atoms with van der Waals surface area (Å²) in [6.07, 6.45) is 0.198. The number of hydrogen-bond acceptors (Lipinski definition) is 3. The van der Waals surface area contributed by atoms with Gasteiger partial charge in [0, 0.05) is 16.5 Å². The molecule has 0 aromatic heterocycles. The predicted molar refractivity (Wildman–Crippen MR) is 64.6 cm³/mol. The molecule has 0 atom stereocenters. The van der Waals surface area contributed by atoms with Gasteiger partial charge in [-0.3, -0.25) is 4.79 Å². The number of allylic oxidation sites excluding steroid dienone is 1. The van der Waals surface area contributed by atoms with Gasteiger partial charge in [-0.05, 0) is 12.1 Å². The number of carbonyl (C=O) groups excluding carboxylic acids is 1. The molecule has 3 nitrogen and oxygen atoms in total. The predicted octanol–water partition coefficient (Wildman–Crippen LogP) is 3.22. The summed E-state index contributed by atoms with van der Waals surface area (Å²) >= 11 is 3.26. The van der Waals surface area contributed by atoms with Crippen molar-refractivity contribution in [3.05, 3.63) is 39.9 Å². The minimum Gasteiger partial charge on any atom is -0.506 e. The summed E-state index contributed by atoms with van der Waals surface area (Å²) in [6.45, 7) is 1.65. The fraction of sp³-hybridized carbons (Fsp3) is 0.167. The Bertz CT molecular complexity index is 469. The number of Topliss-reactive ketones (excluding diaryl/α,β-unsaturated/α-hetero) is 1. The van der Waals surface area contributed by atoms with Gasteiger partial charge in [0.15, 0.2) is 5.78 Å². The van der Waals surface area contributed by atoms with Gasteiger partial charge in [0.1, 0.15) is 17.4 Å². The van der Waals surface area contributed by atoms with E-state index in [0.717, 1.165) is 4.47 Å². The summed E-state index contributed by atoms with van der Waals surface area (Å²) in [7, 11) is 0. The maximum absolute atomic E-state index is 11.4. The highest BCUT2D eigenvalue weighted by Gasteiger charge is 2.14. The van der Waals surface area contributed by atoms with Crippen molar-refractivity contribution in [2.24, 2.45) is 0 Å². The normalized spacial score (nSPS) is 11.6. The van der Waals surface area contributed by atoms with Gasteiger partial charge in [0.2, 0.25) is 0 Å². The summed E-state index contributed by atoms with van der Waals surface area (Å²) in [5, 5.41) is 18.6. The lowest BCUT2D eigenvalue weighted by Crippen LogP contribution is -2.02. The smallest absolute Gasteiger partial charge is 0.176 e. The van der Waals surface area contributed by atoms with Gasteiger partial charge in [-0.1, -0.05) is 35.0 Å². The van der Waals surface area contributed by atoms with Crippen LogP contribution in [0.4, 0.5) is 0 Å². The molecule has 0 aliphatic rings. The summed E-state index contributed by atoms with van der Waals surface area (Å²) in [5.74, 6) is -0.621. The van der Waals surface area contributed by atoms with Crippen LogP contribution in [0.3, 0.4) is 0 Å². The van der Waals surface area contributed by atoms with Crippen LogP contribution in [0.15, 0.2) is 34.3 Å². The average molecular weight is 280 g/mol. The van der Waals surface area contributed by atoms with E-state index in [0.29, 0.717) is 5.56 Å². The zero-order chi connectivity index (χ0) is 12.1. The van der Waals surface area contributed by atoms with Gasteiger partial charge in [0.05, 0.1) is 0 Å². The Morgan fingerprint density at radius 3 is 2.44 bits per heavy atom. The molecular weight excluding hydrogens is 270 g/mol. The maximum Gasteiger partial charge on any atom is 0.176 e. The highest BCUT2D eigenvalue weighted by molar-refractivity contribution is 9.10. The Balaban J connectivity index is 3.21. The first kappa shape index (κ1) is 12.5. The van der Waals surface area contributed by atoms with Gasteiger partial charge in [0.25, 0.3) is 0 Å². The van der Waals surface area contributed by atoms with Gasteiger partial charge in [-0.15, -0.1) is 0 Å². The van der Waals surface area contributed by atoms with Crippen molar-refractivity contribution in [2.45, 2.75) is 13.3 Å². The lowest BCUT2D eigenvalue weighted by atomic mass is 10.0. The minimum atomic E-state index is -0.358. The first-order valence-electron chi connectivity index (χ1n) is 4.72. The number of benzene rings is 1. The van der Waals surface area contributed by atoms with Crippen LogP contribution in [0.25, 0.3) is 5.76 Å². The summed E-state index contributed by atoms with van der Waals surface area (Å²) < 4.78 is 0.865. The van der Waals surface area contributed by atoms with Gasteiger partial charge < -0.3 is 5.11 Å². The van der Waals surface area contributed by atoms with Crippen LogP contribution in [0.2, 0.25) is 0 Å². The minimum absolute atomic E-state index is 0.190. The van der Waals surface area contributed by atoms with Crippen LogP contribution in [0, 0.1) is 11.3 Å². The van der Waals surface area contributed by atoms with Crippen LogP contribution in [0.1, 0.15) is 18.9 Å². The third-order valence-electron chi connectivity index (χ3n) is 2.07. The molecular formula is C12H10BrNO2. The van der Waals surface area contributed by atoms with Crippen LogP contribution in [-0.4, -0.2) is 10.9 Å². The van der Waals surface area contributed by atoms with Crippen LogP contribution in [0.5, 0.6) is 0 Å². The second kappa shape index (κ2) is 5.47. The molecule has 0 heterocycles. The van der Waals surface area contributed by atoms with Gasteiger partial charge >= 0.3 is 0 Å². The van der Waals surface area contributed by atoms with E-state index in [9.17, 15) is 9.90 Å². The zero-order valence-corrected chi connectivity index (χ0v) is 10.3.